The Balaban J connectivity index is 0.00000324. The predicted molar refractivity (Wildman–Crippen MR) is 58.2 cm³/mol. The van der Waals surface area contributed by atoms with Gasteiger partial charge in [-0.25, -0.2) is 8.42 Å². The molecule has 9 nitrogen and oxygen atoms in total. The average molecular weight is 335 g/mol. The predicted octanol–water partition coefficient (Wildman–Crippen LogP) is -1.79. The Morgan fingerprint density at radius 2 is 1.47 bits per heavy atom. The number of halogens is 1. The summed E-state index contributed by atoms with van der Waals surface area (Å²) in [6.07, 6.45) is 0. The fraction of sp³-hybridized carbons (Fsp3) is 0.143. The molecule has 0 heterocycles. The second kappa shape index (κ2) is 7.03. The smallest absolute Gasteiger partial charge is 0.748 e. The van der Waals surface area contributed by atoms with Gasteiger partial charge in [0.2, 0.25) is 0 Å². The molecule has 0 N–H and O–H groups in total. The summed E-state index contributed by atoms with van der Waals surface area (Å²) < 4.78 is 31.6. The van der Waals surface area contributed by atoms with E-state index in [0.29, 0.717) is 12.1 Å². The minimum absolute atomic E-state index is 0. The molecule has 0 aliphatic heterocycles. The number of nitro benzene ring substituents is 2. The molecule has 1 aromatic carbocycles. The Morgan fingerprint density at radius 3 is 1.74 bits per heavy atom. The van der Waals surface area contributed by atoms with Gasteiger partial charge in [-0.15, -0.1) is 0 Å². The standard InChI is InChI=1S/C7H5ClN2O7S.K/c8-7-5(9(11)12)1-4(3-18(15,16)17)2-6(7)10(13)14;/h1-2H,3H2,(H,15,16,17);/q;+1/p-1. The quantitative estimate of drug-likeness (QED) is 0.273. The summed E-state index contributed by atoms with van der Waals surface area (Å²) in [6.45, 7) is 0. The molecule has 0 unspecified atom stereocenters. The Bertz CT molecular complexity index is 597. The van der Waals surface area contributed by atoms with Gasteiger partial charge in [-0.2, -0.15) is 0 Å². The topological polar surface area (TPSA) is 143 Å². The number of hydrogen-bond acceptors (Lipinski definition) is 7. The van der Waals surface area contributed by atoms with Crippen molar-refractivity contribution in [2.45, 2.75) is 5.75 Å². The number of benzene rings is 1. The van der Waals surface area contributed by atoms with E-state index in [1.165, 1.54) is 0 Å². The van der Waals surface area contributed by atoms with E-state index in [4.69, 9.17) is 11.6 Å². The molecule has 1 rings (SSSR count). The van der Waals surface area contributed by atoms with E-state index < -0.39 is 42.1 Å². The van der Waals surface area contributed by atoms with Gasteiger partial charge in [0.25, 0.3) is 11.4 Å². The molecule has 1 aromatic rings. The van der Waals surface area contributed by atoms with Crippen LogP contribution >= 0.6 is 11.6 Å². The Labute approximate surface area is 154 Å². The third kappa shape index (κ3) is 5.39. The summed E-state index contributed by atoms with van der Waals surface area (Å²) in [4.78, 5) is 19.2. The maximum atomic E-state index is 10.6. The Morgan fingerprint density at radius 1 is 1.11 bits per heavy atom. The molecule has 19 heavy (non-hydrogen) atoms. The molecule has 0 spiro atoms. The van der Waals surface area contributed by atoms with Gasteiger partial charge in [-0.1, -0.05) is 11.6 Å². The third-order valence-electron chi connectivity index (χ3n) is 1.83. The minimum atomic E-state index is -4.71. The van der Waals surface area contributed by atoms with Crippen molar-refractivity contribution in [3.05, 3.63) is 42.9 Å². The largest absolute Gasteiger partial charge is 1.00 e. The zero-order valence-corrected chi connectivity index (χ0v) is 14.1. The van der Waals surface area contributed by atoms with E-state index in [-0.39, 0.29) is 56.9 Å². The fourth-order valence-electron chi connectivity index (χ4n) is 1.20. The van der Waals surface area contributed by atoms with Crippen LogP contribution in [0.15, 0.2) is 12.1 Å². The van der Waals surface area contributed by atoms with Crippen LogP contribution in [-0.2, 0) is 15.9 Å². The average Bonchev–Trinajstić information content (AvgIpc) is 2.17. The van der Waals surface area contributed by atoms with Crippen molar-refractivity contribution in [3.8, 4) is 0 Å². The Hall–Kier alpha value is -0.144. The molecular formula is C7H4ClKN2O7S. The normalized spacial score (nSPS) is 10.6. The van der Waals surface area contributed by atoms with Crippen molar-refractivity contribution in [1.29, 1.82) is 0 Å². The minimum Gasteiger partial charge on any atom is -0.748 e. The Kier molecular flexibility index (Phi) is 6.98. The maximum Gasteiger partial charge on any atom is 1.00 e. The SMILES string of the molecule is O=[N+]([O-])c1cc(CS(=O)(=O)[O-])cc([N+](=O)[O-])c1Cl.[K+]. The van der Waals surface area contributed by atoms with E-state index in [2.05, 4.69) is 0 Å². The summed E-state index contributed by atoms with van der Waals surface area (Å²) in [5, 5.41) is 20.4. The maximum absolute atomic E-state index is 10.6. The van der Waals surface area contributed by atoms with Crippen LogP contribution in [0.3, 0.4) is 0 Å². The van der Waals surface area contributed by atoms with Gasteiger partial charge in [0, 0.05) is 12.1 Å². The van der Waals surface area contributed by atoms with Crippen LogP contribution in [0.5, 0.6) is 0 Å². The van der Waals surface area contributed by atoms with Gasteiger partial charge in [0.15, 0.2) is 5.02 Å². The number of hydrogen-bond donors (Lipinski definition) is 0. The van der Waals surface area contributed by atoms with Crippen LogP contribution in [-0.4, -0.2) is 22.8 Å². The molecule has 98 valence electrons. The van der Waals surface area contributed by atoms with Gasteiger partial charge < -0.3 is 4.55 Å². The van der Waals surface area contributed by atoms with Gasteiger partial charge >= 0.3 is 51.4 Å². The second-order valence-electron chi connectivity index (χ2n) is 3.16. The molecule has 0 bridgehead atoms. The van der Waals surface area contributed by atoms with Gasteiger partial charge in [0.05, 0.1) is 25.7 Å². The number of nitro groups is 2. The van der Waals surface area contributed by atoms with Crippen LogP contribution in [0, 0.1) is 20.2 Å². The molecule has 0 aliphatic rings. The van der Waals surface area contributed by atoms with E-state index >= 15 is 0 Å². The summed E-state index contributed by atoms with van der Waals surface area (Å²) in [7, 11) is -4.71. The van der Waals surface area contributed by atoms with Crippen molar-refractivity contribution in [1.82, 2.24) is 0 Å². The van der Waals surface area contributed by atoms with Gasteiger partial charge in [-0.3, -0.25) is 20.2 Å². The molecule has 0 aromatic heterocycles. The molecule has 0 amide bonds. The van der Waals surface area contributed by atoms with Crippen LogP contribution in [0.1, 0.15) is 5.56 Å². The molecule has 12 heteroatoms. The molecule has 0 saturated carbocycles. The first kappa shape index (κ1) is 18.9. The van der Waals surface area contributed by atoms with Crippen molar-refractivity contribution < 1.29 is 74.2 Å². The fourth-order valence-corrected chi connectivity index (χ4v) is 2.03. The van der Waals surface area contributed by atoms with E-state index in [0.717, 1.165) is 0 Å². The zero-order valence-electron chi connectivity index (χ0n) is 9.40. The van der Waals surface area contributed by atoms with E-state index in [1.54, 1.807) is 0 Å². The summed E-state index contributed by atoms with van der Waals surface area (Å²) in [6, 6.07) is 1.43. The van der Waals surface area contributed by atoms with Gasteiger partial charge in [-0.05, 0) is 5.56 Å². The van der Waals surface area contributed by atoms with E-state index in [1.807, 2.05) is 0 Å². The van der Waals surface area contributed by atoms with E-state index in [9.17, 15) is 33.2 Å². The molecule has 0 saturated heterocycles. The first-order valence-corrected chi connectivity index (χ1v) is 6.12. The summed E-state index contributed by atoms with van der Waals surface area (Å²) in [5.41, 5.74) is -2.03. The van der Waals surface area contributed by atoms with Crippen LogP contribution in [0.2, 0.25) is 5.02 Å². The van der Waals surface area contributed by atoms with Crippen LogP contribution in [0.4, 0.5) is 11.4 Å². The van der Waals surface area contributed by atoms with Crippen molar-refractivity contribution in [2.24, 2.45) is 0 Å². The molecule has 0 aliphatic carbocycles. The van der Waals surface area contributed by atoms with Crippen molar-refractivity contribution in [3.63, 3.8) is 0 Å². The number of rotatable bonds is 4. The monoisotopic (exact) mass is 334 g/mol. The van der Waals surface area contributed by atoms with Crippen LogP contribution < -0.4 is 51.4 Å². The van der Waals surface area contributed by atoms with Crippen molar-refractivity contribution >= 4 is 33.1 Å². The third-order valence-corrected chi connectivity index (χ3v) is 2.90. The molecule has 0 radical (unpaired) electrons. The second-order valence-corrected chi connectivity index (χ2v) is 4.95. The van der Waals surface area contributed by atoms with Crippen LogP contribution in [0.25, 0.3) is 0 Å². The zero-order chi connectivity index (χ0) is 14.1. The summed E-state index contributed by atoms with van der Waals surface area (Å²) >= 11 is 5.43. The summed E-state index contributed by atoms with van der Waals surface area (Å²) in [5.74, 6) is -1.09. The first-order valence-electron chi connectivity index (χ1n) is 4.16. The first-order chi connectivity index (χ1) is 8.11. The number of nitrogens with zero attached hydrogens (tertiary/aromatic N) is 2. The molecule has 0 fully saturated rings. The van der Waals surface area contributed by atoms with Gasteiger partial charge in [0.1, 0.15) is 0 Å². The molecular weight excluding hydrogens is 331 g/mol. The van der Waals surface area contributed by atoms with Crippen molar-refractivity contribution in [2.75, 3.05) is 0 Å². The molecule has 0 atom stereocenters.